The van der Waals surface area contributed by atoms with Gasteiger partial charge in [0.1, 0.15) is 11.8 Å². The Labute approximate surface area is 213 Å². The van der Waals surface area contributed by atoms with E-state index in [1.54, 1.807) is 12.0 Å². The molecule has 6 nitrogen and oxygen atoms in total. The molecule has 0 saturated carbocycles. The van der Waals surface area contributed by atoms with Crippen molar-refractivity contribution >= 4 is 11.8 Å². The van der Waals surface area contributed by atoms with Crippen LogP contribution in [-0.4, -0.2) is 49.1 Å². The lowest BCUT2D eigenvalue weighted by atomic mass is 10.0. The van der Waals surface area contributed by atoms with Gasteiger partial charge in [0.2, 0.25) is 11.8 Å². The fourth-order valence-corrected chi connectivity index (χ4v) is 4.49. The molecule has 1 heterocycles. The summed E-state index contributed by atoms with van der Waals surface area (Å²) in [5, 5.41) is 3.07. The third-order valence-electron chi connectivity index (χ3n) is 6.51. The van der Waals surface area contributed by atoms with E-state index in [4.69, 9.17) is 9.47 Å². The number of methoxy groups -OCH3 is 1. The number of ether oxygens (including phenoxy) is 2. The van der Waals surface area contributed by atoms with E-state index in [0.29, 0.717) is 19.5 Å². The Morgan fingerprint density at radius 3 is 2.22 bits per heavy atom. The number of carbonyl (C=O) groups excluding carboxylic acids is 2. The maximum Gasteiger partial charge on any atom is 0.243 e. The summed E-state index contributed by atoms with van der Waals surface area (Å²) in [6.07, 6.45) is 2.62. The number of nitrogens with zero attached hydrogens (tertiary/aromatic N) is 1. The van der Waals surface area contributed by atoms with Crippen LogP contribution < -0.4 is 10.1 Å². The molecule has 188 valence electrons. The Hall–Kier alpha value is -3.64. The van der Waals surface area contributed by atoms with Gasteiger partial charge < -0.3 is 19.7 Å². The molecule has 3 aromatic carbocycles. The molecule has 2 unspecified atom stereocenters. The highest BCUT2D eigenvalue weighted by atomic mass is 16.5. The van der Waals surface area contributed by atoms with Crippen LogP contribution in [0.3, 0.4) is 0 Å². The zero-order chi connectivity index (χ0) is 25.2. The molecule has 2 amide bonds. The van der Waals surface area contributed by atoms with Gasteiger partial charge in [-0.05, 0) is 41.7 Å². The molecule has 6 heteroatoms. The summed E-state index contributed by atoms with van der Waals surface area (Å²) in [6, 6.07) is 26.5. The number of nitrogens with one attached hydrogen (secondary N) is 1. The Balaban J connectivity index is 1.61. The van der Waals surface area contributed by atoms with Crippen molar-refractivity contribution < 1.29 is 19.1 Å². The van der Waals surface area contributed by atoms with E-state index in [1.807, 2.05) is 84.9 Å². The first-order chi connectivity index (χ1) is 17.6. The van der Waals surface area contributed by atoms with Crippen LogP contribution in [0.15, 0.2) is 84.9 Å². The largest absolute Gasteiger partial charge is 0.497 e. The second kappa shape index (κ2) is 12.9. The number of amides is 2. The molecule has 0 radical (unpaired) electrons. The fourth-order valence-electron chi connectivity index (χ4n) is 4.49. The quantitative estimate of drug-likeness (QED) is 0.442. The van der Waals surface area contributed by atoms with Crippen LogP contribution in [0.1, 0.15) is 29.5 Å². The van der Waals surface area contributed by atoms with Gasteiger partial charge in [-0.2, -0.15) is 0 Å². The van der Waals surface area contributed by atoms with Gasteiger partial charge in [0, 0.05) is 26.1 Å². The van der Waals surface area contributed by atoms with Crippen LogP contribution >= 0.6 is 0 Å². The van der Waals surface area contributed by atoms with E-state index in [-0.39, 0.29) is 24.3 Å². The minimum atomic E-state index is -0.660. The highest BCUT2D eigenvalue weighted by Gasteiger charge is 2.31. The number of rotatable bonds is 11. The Bertz CT molecular complexity index is 1100. The number of benzene rings is 3. The molecule has 1 N–H and O–H groups in total. The van der Waals surface area contributed by atoms with E-state index in [0.717, 1.165) is 41.9 Å². The number of carbonyl (C=O) groups is 2. The van der Waals surface area contributed by atoms with Crippen LogP contribution in [0.2, 0.25) is 0 Å². The average Bonchev–Trinajstić information content (AvgIpc) is 3.44. The van der Waals surface area contributed by atoms with Gasteiger partial charge in [0.15, 0.2) is 0 Å². The summed E-state index contributed by atoms with van der Waals surface area (Å²) in [4.78, 5) is 29.1. The molecule has 1 aliphatic rings. The summed E-state index contributed by atoms with van der Waals surface area (Å²) >= 11 is 0. The first-order valence-corrected chi connectivity index (χ1v) is 12.5. The first-order valence-electron chi connectivity index (χ1n) is 12.5. The minimum absolute atomic E-state index is 0.0291. The van der Waals surface area contributed by atoms with Crippen molar-refractivity contribution in [2.24, 2.45) is 0 Å². The molecule has 1 aliphatic heterocycles. The molecule has 3 aromatic rings. The third-order valence-corrected chi connectivity index (χ3v) is 6.51. The monoisotopic (exact) mass is 486 g/mol. The summed E-state index contributed by atoms with van der Waals surface area (Å²) in [5.41, 5.74) is 2.85. The summed E-state index contributed by atoms with van der Waals surface area (Å²) in [7, 11) is 1.62. The van der Waals surface area contributed by atoms with Crippen LogP contribution in [-0.2, 0) is 33.7 Å². The Kier molecular flexibility index (Phi) is 9.11. The smallest absolute Gasteiger partial charge is 0.243 e. The van der Waals surface area contributed by atoms with Gasteiger partial charge >= 0.3 is 0 Å². The van der Waals surface area contributed by atoms with Gasteiger partial charge in [0.25, 0.3) is 0 Å². The normalized spacial score (nSPS) is 15.8. The van der Waals surface area contributed by atoms with Gasteiger partial charge in [-0.3, -0.25) is 9.59 Å². The Morgan fingerprint density at radius 2 is 1.61 bits per heavy atom. The molecule has 0 bridgehead atoms. The second-order valence-corrected chi connectivity index (χ2v) is 9.12. The van der Waals surface area contributed by atoms with Crippen molar-refractivity contribution in [1.82, 2.24) is 10.2 Å². The van der Waals surface area contributed by atoms with Gasteiger partial charge in [-0.25, -0.2) is 0 Å². The topological polar surface area (TPSA) is 67.9 Å². The standard InChI is InChI=1S/C30H34N2O4/c1-35-26-16-14-25(15-17-26)22-32(29(33)20-24-11-6-3-7-12-24)28(19-23-9-4-2-5-10-23)30(34)31-21-27-13-8-18-36-27/h2-7,9-12,14-17,27-28H,8,13,18-22H2,1H3,(H,31,34). The average molecular weight is 487 g/mol. The van der Waals surface area contributed by atoms with E-state index < -0.39 is 6.04 Å². The first kappa shape index (κ1) is 25.5. The summed E-state index contributed by atoms with van der Waals surface area (Å²) in [5.74, 6) is 0.491. The second-order valence-electron chi connectivity index (χ2n) is 9.12. The van der Waals surface area contributed by atoms with Crippen molar-refractivity contribution in [2.45, 2.75) is 44.4 Å². The van der Waals surface area contributed by atoms with Crippen LogP contribution in [0.5, 0.6) is 5.75 Å². The van der Waals surface area contributed by atoms with Gasteiger partial charge in [-0.15, -0.1) is 0 Å². The maximum atomic E-state index is 13.7. The molecule has 36 heavy (non-hydrogen) atoms. The van der Waals surface area contributed by atoms with Crippen molar-refractivity contribution in [3.63, 3.8) is 0 Å². The molecule has 2 atom stereocenters. The number of hydrogen-bond acceptors (Lipinski definition) is 4. The molecular weight excluding hydrogens is 452 g/mol. The summed E-state index contributed by atoms with van der Waals surface area (Å²) < 4.78 is 11.0. The lowest BCUT2D eigenvalue weighted by molar-refractivity contribution is -0.141. The van der Waals surface area contributed by atoms with Crippen molar-refractivity contribution in [1.29, 1.82) is 0 Å². The van der Waals surface area contributed by atoms with Gasteiger partial charge in [0.05, 0.1) is 19.6 Å². The predicted octanol–water partition coefficient (Wildman–Crippen LogP) is 4.17. The maximum absolute atomic E-state index is 13.7. The van der Waals surface area contributed by atoms with E-state index in [1.165, 1.54) is 0 Å². The van der Waals surface area contributed by atoms with Crippen molar-refractivity contribution in [3.05, 3.63) is 102 Å². The van der Waals surface area contributed by atoms with E-state index in [2.05, 4.69) is 5.32 Å². The molecule has 1 saturated heterocycles. The lowest BCUT2D eigenvalue weighted by Gasteiger charge is -2.32. The number of hydrogen-bond donors (Lipinski definition) is 1. The summed E-state index contributed by atoms with van der Waals surface area (Å²) in [6.45, 7) is 1.50. The van der Waals surface area contributed by atoms with Crippen LogP contribution in [0.4, 0.5) is 0 Å². The van der Waals surface area contributed by atoms with Gasteiger partial charge in [-0.1, -0.05) is 72.8 Å². The predicted molar refractivity (Wildman–Crippen MR) is 140 cm³/mol. The molecule has 1 fully saturated rings. The molecule has 0 aliphatic carbocycles. The SMILES string of the molecule is COc1ccc(CN(C(=O)Cc2ccccc2)C(Cc2ccccc2)C(=O)NCC2CCCO2)cc1. The van der Waals surface area contributed by atoms with Crippen molar-refractivity contribution in [2.75, 3.05) is 20.3 Å². The zero-order valence-corrected chi connectivity index (χ0v) is 20.8. The molecule has 4 rings (SSSR count). The van der Waals surface area contributed by atoms with Crippen LogP contribution in [0.25, 0.3) is 0 Å². The minimum Gasteiger partial charge on any atom is -0.497 e. The molecule has 0 spiro atoms. The van der Waals surface area contributed by atoms with Crippen molar-refractivity contribution in [3.8, 4) is 5.75 Å². The van der Waals surface area contributed by atoms with E-state index >= 15 is 0 Å². The highest BCUT2D eigenvalue weighted by molar-refractivity contribution is 5.88. The van der Waals surface area contributed by atoms with E-state index in [9.17, 15) is 9.59 Å². The molecule has 0 aromatic heterocycles. The highest BCUT2D eigenvalue weighted by Crippen LogP contribution is 2.19. The zero-order valence-electron chi connectivity index (χ0n) is 20.8. The van der Waals surface area contributed by atoms with Crippen LogP contribution in [0, 0.1) is 0 Å². The fraction of sp³-hybridized carbons (Fsp3) is 0.333. The lowest BCUT2D eigenvalue weighted by Crippen LogP contribution is -2.52. The molecular formula is C30H34N2O4. The third kappa shape index (κ3) is 7.18. The Morgan fingerprint density at radius 1 is 0.944 bits per heavy atom.